The average molecular weight is 475 g/mol. The van der Waals surface area contributed by atoms with Gasteiger partial charge in [0.1, 0.15) is 16.5 Å². The highest BCUT2D eigenvalue weighted by Gasteiger charge is 2.27. The summed E-state index contributed by atoms with van der Waals surface area (Å²) in [6.45, 7) is 4.24. The van der Waals surface area contributed by atoms with E-state index in [9.17, 15) is 9.59 Å². The Balaban J connectivity index is 1.15. The van der Waals surface area contributed by atoms with Gasteiger partial charge in [-0.1, -0.05) is 54.6 Å². The van der Waals surface area contributed by atoms with Crippen molar-refractivity contribution in [2.75, 3.05) is 44.2 Å². The summed E-state index contributed by atoms with van der Waals surface area (Å²) in [6, 6.07) is 17.7. The molecule has 174 valence electrons. The summed E-state index contributed by atoms with van der Waals surface area (Å²) in [5.74, 6) is 0.529. The number of carbonyl (C=O) groups excluding carboxylic acids is 2. The first-order chi connectivity index (χ1) is 16.7. The standard InChI is InChI=1S/C26H26N4O3S/c31-25-18-33-23-11-5-4-10-22(23)30(25)17-24-27-21(19-34-24)26(32)29-15-13-28(14-16-29)12-6-9-20-7-2-1-3-8-20/h1-11,19H,12-18H2. The number of nitrogens with zero attached hydrogens (tertiary/aromatic N) is 4. The lowest BCUT2D eigenvalue weighted by molar-refractivity contribution is -0.121. The Morgan fingerprint density at radius 1 is 1.03 bits per heavy atom. The Hall–Kier alpha value is -3.49. The molecule has 2 amide bonds. The van der Waals surface area contributed by atoms with Crippen LogP contribution in [0.15, 0.2) is 66.1 Å². The number of hydrogen-bond donors (Lipinski definition) is 0. The van der Waals surface area contributed by atoms with Gasteiger partial charge in [-0.25, -0.2) is 4.98 Å². The van der Waals surface area contributed by atoms with E-state index in [4.69, 9.17) is 4.74 Å². The van der Waals surface area contributed by atoms with Gasteiger partial charge in [0.2, 0.25) is 0 Å². The number of benzene rings is 2. The van der Waals surface area contributed by atoms with E-state index >= 15 is 0 Å². The molecule has 1 saturated heterocycles. The normalized spacial score (nSPS) is 16.5. The molecule has 7 nitrogen and oxygen atoms in total. The molecule has 3 heterocycles. The minimum absolute atomic E-state index is 0.0129. The van der Waals surface area contributed by atoms with E-state index in [0.29, 0.717) is 31.1 Å². The molecule has 5 rings (SSSR count). The van der Waals surface area contributed by atoms with E-state index in [1.54, 1.807) is 10.3 Å². The molecule has 3 aromatic rings. The molecule has 0 atom stereocenters. The first-order valence-corrected chi connectivity index (χ1v) is 12.2. The van der Waals surface area contributed by atoms with Gasteiger partial charge < -0.3 is 9.64 Å². The molecule has 0 bridgehead atoms. The number of carbonyl (C=O) groups is 2. The average Bonchev–Trinajstić information content (AvgIpc) is 3.35. The third kappa shape index (κ3) is 5.03. The van der Waals surface area contributed by atoms with Crippen LogP contribution in [0, 0.1) is 0 Å². The van der Waals surface area contributed by atoms with Crippen LogP contribution in [-0.2, 0) is 11.3 Å². The number of para-hydroxylation sites is 2. The number of piperazine rings is 1. The van der Waals surface area contributed by atoms with Crippen molar-refractivity contribution in [3.8, 4) is 5.75 Å². The number of amides is 2. The van der Waals surface area contributed by atoms with Crippen LogP contribution in [-0.4, -0.2) is 65.9 Å². The summed E-state index contributed by atoms with van der Waals surface area (Å²) < 4.78 is 5.50. The van der Waals surface area contributed by atoms with Gasteiger partial charge in [0.05, 0.1) is 12.2 Å². The molecule has 0 spiro atoms. The predicted octanol–water partition coefficient (Wildman–Crippen LogP) is 3.54. The lowest BCUT2D eigenvalue weighted by Crippen LogP contribution is -2.48. The van der Waals surface area contributed by atoms with Gasteiger partial charge in [0.15, 0.2) is 6.61 Å². The van der Waals surface area contributed by atoms with Crippen molar-refractivity contribution in [2.45, 2.75) is 6.54 Å². The molecule has 0 saturated carbocycles. The van der Waals surface area contributed by atoms with Gasteiger partial charge in [-0.2, -0.15) is 0 Å². The van der Waals surface area contributed by atoms with Crippen LogP contribution in [0.2, 0.25) is 0 Å². The van der Waals surface area contributed by atoms with E-state index in [2.05, 4.69) is 34.2 Å². The topological polar surface area (TPSA) is 66.0 Å². The molecular formula is C26H26N4O3S. The van der Waals surface area contributed by atoms with E-state index in [0.717, 1.165) is 30.3 Å². The number of rotatable bonds is 6. The number of aromatic nitrogens is 1. The van der Waals surface area contributed by atoms with Gasteiger partial charge in [0.25, 0.3) is 11.8 Å². The second-order valence-electron chi connectivity index (χ2n) is 8.27. The van der Waals surface area contributed by atoms with Crippen LogP contribution in [0.1, 0.15) is 21.1 Å². The zero-order valence-corrected chi connectivity index (χ0v) is 19.6. The molecule has 34 heavy (non-hydrogen) atoms. The maximum atomic E-state index is 13.0. The van der Waals surface area contributed by atoms with Crippen LogP contribution >= 0.6 is 11.3 Å². The van der Waals surface area contributed by atoms with Crippen LogP contribution < -0.4 is 9.64 Å². The Bertz CT molecular complexity index is 1190. The molecule has 2 aromatic carbocycles. The van der Waals surface area contributed by atoms with Gasteiger partial charge in [-0.3, -0.25) is 19.4 Å². The highest BCUT2D eigenvalue weighted by atomic mass is 32.1. The zero-order valence-electron chi connectivity index (χ0n) is 18.8. The molecule has 0 N–H and O–H groups in total. The Morgan fingerprint density at radius 2 is 1.79 bits per heavy atom. The summed E-state index contributed by atoms with van der Waals surface area (Å²) in [4.78, 5) is 35.9. The third-order valence-electron chi connectivity index (χ3n) is 6.01. The summed E-state index contributed by atoms with van der Waals surface area (Å²) in [5, 5.41) is 2.53. The predicted molar refractivity (Wildman–Crippen MR) is 133 cm³/mol. The Kier molecular flexibility index (Phi) is 6.69. The highest BCUT2D eigenvalue weighted by Crippen LogP contribution is 2.33. The van der Waals surface area contributed by atoms with Crippen LogP contribution in [0.5, 0.6) is 5.75 Å². The molecule has 1 fully saturated rings. The van der Waals surface area contributed by atoms with Crippen molar-refractivity contribution >= 4 is 34.9 Å². The van der Waals surface area contributed by atoms with Gasteiger partial charge in [-0.15, -0.1) is 11.3 Å². The van der Waals surface area contributed by atoms with Crippen LogP contribution in [0.4, 0.5) is 5.69 Å². The monoisotopic (exact) mass is 474 g/mol. The summed E-state index contributed by atoms with van der Waals surface area (Å²) in [6.07, 6.45) is 4.30. The fraction of sp³-hybridized carbons (Fsp3) is 0.269. The summed E-state index contributed by atoms with van der Waals surface area (Å²) in [5.41, 5.74) is 2.38. The number of thiazole rings is 1. The zero-order chi connectivity index (χ0) is 23.3. The third-order valence-corrected chi connectivity index (χ3v) is 6.84. The van der Waals surface area contributed by atoms with Crippen molar-refractivity contribution in [3.63, 3.8) is 0 Å². The number of ether oxygens (including phenoxy) is 1. The van der Waals surface area contributed by atoms with Gasteiger partial charge in [-0.05, 0) is 17.7 Å². The molecule has 1 aromatic heterocycles. The Labute approximate surface area is 202 Å². The highest BCUT2D eigenvalue weighted by molar-refractivity contribution is 7.09. The van der Waals surface area contributed by atoms with Crippen LogP contribution in [0.3, 0.4) is 0 Å². The fourth-order valence-corrected chi connectivity index (χ4v) is 4.90. The molecule has 0 aliphatic carbocycles. The second-order valence-corrected chi connectivity index (χ2v) is 9.21. The minimum Gasteiger partial charge on any atom is -0.482 e. The number of fused-ring (bicyclic) bond motifs is 1. The largest absolute Gasteiger partial charge is 0.482 e. The maximum Gasteiger partial charge on any atom is 0.273 e. The smallest absolute Gasteiger partial charge is 0.273 e. The van der Waals surface area contributed by atoms with Gasteiger partial charge >= 0.3 is 0 Å². The first kappa shape index (κ1) is 22.3. The first-order valence-electron chi connectivity index (χ1n) is 11.4. The lowest BCUT2D eigenvalue weighted by Gasteiger charge is -2.33. The van der Waals surface area contributed by atoms with E-state index in [1.165, 1.54) is 16.9 Å². The van der Waals surface area contributed by atoms with Gasteiger partial charge in [0, 0.05) is 38.1 Å². The number of anilines is 1. The quantitative estimate of drug-likeness (QED) is 0.547. The van der Waals surface area contributed by atoms with E-state index < -0.39 is 0 Å². The van der Waals surface area contributed by atoms with Crippen molar-refractivity contribution in [1.29, 1.82) is 0 Å². The van der Waals surface area contributed by atoms with Crippen molar-refractivity contribution < 1.29 is 14.3 Å². The van der Waals surface area contributed by atoms with E-state index in [1.807, 2.05) is 47.4 Å². The molecule has 0 unspecified atom stereocenters. The molecule has 2 aliphatic heterocycles. The van der Waals surface area contributed by atoms with Crippen molar-refractivity contribution in [3.05, 3.63) is 82.3 Å². The van der Waals surface area contributed by atoms with Crippen molar-refractivity contribution in [2.24, 2.45) is 0 Å². The summed E-state index contributed by atoms with van der Waals surface area (Å²) in [7, 11) is 0. The molecule has 2 aliphatic rings. The minimum atomic E-state index is -0.112. The SMILES string of the molecule is O=C(c1csc(CN2C(=O)COc3ccccc32)n1)N1CCN(CC=Cc2ccccc2)CC1. The Morgan fingerprint density at radius 3 is 2.62 bits per heavy atom. The summed E-state index contributed by atoms with van der Waals surface area (Å²) >= 11 is 1.41. The lowest BCUT2D eigenvalue weighted by atomic mass is 10.2. The van der Waals surface area contributed by atoms with Crippen molar-refractivity contribution in [1.82, 2.24) is 14.8 Å². The molecule has 0 radical (unpaired) electrons. The fourth-order valence-electron chi connectivity index (χ4n) is 4.14. The second kappa shape index (κ2) is 10.2. The maximum absolute atomic E-state index is 13.0. The van der Waals surface area contributed by atoms with Crippen LogP contribution in [0.25, 0.3) is 6.08 Å². The number of hydrogen-bond acceptors (Lipinski definition) is 6. The molecular weight excluding hydrogens is 448 g/mol. The molecule has 8 heteroatoms. The van der Waals surface area contributed by atoms with E-state index in [-0.39, 0.29) is 18.4 Å².